The maximum absolute atomic E-state index is 2.72. The Kier molecular flexibility index (Phi) is 4.74. The van der Waals surface area contributed by atoms with Gasteiger partial charge in [0.25, 0.3) is 0 Å². The summed E-state index contributed by atoms with van der Waals surface area (Å²) in [6, 6.07) is 15.9. The lowest BCUT2D eigenvalue weighted by Crippen LogP contribution is -2.30. The summed E-state index contributed by atoms with van der Waals surface area (Å²) in [5.41, 5.74) is 7.94. The van der Waals surface area contributed by atoms with Crippen LogP contribution in [0.4, 0.5) is 0 Å². The van der Waals surface area contributed by atoms with Crippen molar-refractivity contribution in [1.29, 1.82) is 0 Å². The Hall–Kier alpha value is -2.35. The average molecular weight is 398 g/mol. The van der Waals surface area contributed by atoms with E-state index in [2.05, 4.69) is 58.0 Å². The zero-order valence-corrected chi connectivity index (χ0v) is 18.1. The van der Waals surface area contributed by atoms with Gasteiger partial charge in [-0.3, -0.25) is 0 Å². The second-order valence-corrected chi connectivity index (χ2v) is 9.60. The number of allylic oxidation sites excluding steroid dienone is 4. The van der Waals surface area contributed by atoms with Crippen LogP contribution in [0.2, 0.25) is 0 Å². The van der Waals surface area contributed by atoms with E-state index in [1.54, 1.807) is 22.6 Å². The molecular weight excluding hydrogens is 364 g/mol. The standard InChI is InChI=1S/C28H33N2/c1-2-10-24-21(8-1)9-7-11-25(24)28-26-20-23(29-16-3-4-17-29)14-12-22(26)13-15-27(28)30-18-5-6-19-30/h1-2,7-11,20,22H,3-6,12-19H2/q+1. The van der Waals surface area contributed by atoms with Gasteiger partial charge in [0.1, 0.15) is 13.1 Å². The Morgan fingerprint density at radius 1 is 0.800 bits per heavy atom. The molecule has 0 saturated carbocycles. The summed E-state index contributed by atoms with van der Waals surface area (Å²) >= 11 is 0. The number of hydrogen-bond donors (Lipinski definition) is 0. The minimum atomic E-state index is 0.733. The molecule has 6 rings (SSSR count). The first-order valence-corrected chi connectivity index (χ1v) is 12.2. The molecule has 0 bridgehead atoms. The molecule has 0 spiro atoms. The third-order valence-corrected chi connectivity index (χ3v) is 7.88. The summed E-state index contributed by atoms with van der Waals surface area (Å²) in [7, 11) is 0. The Labute approximate surface area is 180 Å². The molecule has 2 heteroatoms. The summed E-state index contributed by atoms with van der Waals surface area (Å²) in [4.78, 5) is 2.67. The van der Waals surface area contributed by atoms with Crippen molar-refractivity contribution in [2.24, 2.45) is 5.92 Å². The van der Waals surface area contributed by atoms with Crippen molar-refractivity contribution in [1.82, 2.24) is 4.90 Å². The predicted octanol–water partition coefficient (Wildman–Crippen LogP) is 6.02. The smallest absolute Gasteiger partial charge is 0.184 e. The van der Waals surface area contributed by atoms with E-state index in [1.165, 1.54) is 93.9 Å². The first-order chi connectivity index (χ1) is 14.9. The number of fused-ring (bicyclic) bond motifs is 2. The highest BCUT2D eigenvalue weighted by atomic mass is 15.1. The fourth-order valence-electron chi connectivity index (χ4n) is 6.34. The monoisotopic (exact) mass is 397 g/mol. The highest BCUT2D eigenvalue weighted by molar-refractivity contribution is 6.26. The van der Waals surface area contributed by atoms with E-state index in [0.29, 0.717) is 0 Å². The fourth-order valence-corrected chi connectivity index (χ4v) is 6.34. The van der Waals surface area contributed by atoms with Crippen molar-refractivity contribution >= 4 is 22.1 Å². The van der Waals surface area contributed by atoms with Gasteiger partial charge in [-0.25, -0.2) is 4.58 Å². The molecule has 2 aliphatic carbocycles. The molecule has 0 amide bonds. The van der Waals surface area contributed by atoms with E-state index >= 15 is 0 Å². The van der Waals surface area contributed by atoms with Gasteiger partial charge in [-0.1, -0.05) is 42.5 Å². The molecular formula is C28H33N2+. The Balaban J connectivity index is 1.60. The van der Waals surface area contributed by atoms with Crippen LogP contribution in [-0.2, 0) is 0 Å². The molecule has 2 heterocycles. The summed E-state index contributed by atoms with van der Waals surface area (Å²) in [6.07, 6.45) is 13.2. The Morgan fingerprint density at radius 3 is 2.43 bits per heavy atom. The minimum Gasteiger partial charge on any atom is -0.375 e. The molecule has 0 aromatic heterocycles. The van der Waals surface area contributed by atoms with Crippen molar-refractivity contribution in [2.75, 3.05) is 26.2 Å². The van der Waals surface area contributed by atoms with Crippen LogP contribution in [0.15, 0.2) is 59.8 Å². The van der Waals surface area contributed by atoms with Crippen LogP contribution in [-0.4, -0.2) is 41.4 Å². The summed E-state index contributed by atoms with van der Waals surface area (Å²) in [5, 5.41) is 2.78. The van der Waals surface area contributed by atoms with Gasteiger partial charge in [-0.15, -0.1) is 0 Å². The third-order valence-electron chi connectivity index (χ3n) is 7.88. The van der Waals surface area contributed by atoms with Crippen LogP contribution in [0.5, 0.6) is 0 Å². The number of nitrogens with zero attached hydrogens (tertiary/aromatic N) is 2. The van der Waals surface area contributed by atoms with Crippen molar-refractivity contribution < 1.29 is 4.58 Å². The topological polar surface area (TPSA) is 6.25 Å². The molecule has 0 N–H and O–H groups in total. The molecule has 1 unspecified atom stereocenters. The maximum atomic E-state index is 2.72. The van der Waals surface area contributed by atoms with Gasteiger partial charge in [-0.05, 0) is 66.0 Å². The normalized spacial score (nSPS) is 24.6. The van der Waals surface area contributed by atoms with Gasteiger partial charge in [0.05, 0.1) is 5.57 Å². The minimum absolute atomic E-state index is 0.733. The van der Waals surface area contributed by atoms with Gasteiger partial charge in [0.15, 0.2) is 5.71 Å². The molecule has 2 aromatic rings. The van der Waals surface area contributed by atoms with E-state index in [-0.39, 0.29) is 0 Å². The first kappa shape index (κ1) is 18.4. The summed E-state index contributed by atoms with van der Waals surface area (Å²) < 4.78 is 2.72. The van der Waals surface area contributed by atoms with E-state index in [4.69, 9.17) is 0 Å². The number of benzene rings is 2. The average Bonchev–Trinajstić information content (AvgIpc) is 3.52. The molecule has 154 valence electrons. The zero-order valence-electron chi connectivity index (χ0n) is 18.1. The SMILES string of the molecule is C1=C(N2CCCC2)CCC2CCC(=[N+]3CCCC3)C(c3cccc4ccccc34)=C12. The third kappa shape index (κ3) is 3.12. The molecule has 0 radical (unpaired) electrons. The van der Waals surface area contributed by atoms with Crippen LogP contribution in [0.25, 0.3) is 16.3 Å². The molecule has 2 fully saturated rings. The van der Waals surface area contributed by atoms with E-state index in [0.717, 1.165) is 5.92 Å². The van der Waals surface area contributed by atoms with Crippen LogP contribution >= 0.6 is 0 Å². The lowest BCUT2D eigenvalue weighted by molar-refractivity contribution is -0.506. The number of rotatable bonds is 2. The fraction of sp³-hybridized carbons (Fsp3) is 0.464. The van der Waals surface area contributed by atoms with Gasteiger partial charge in [0, 0.05) is 38.0 Å². The molecule has 30 heavy (non-hydrogen) atoms. The lowest BCUT2D eigenvalue weighted by atomic mass is 9.73. The summed E-state index contributed by atoms with van der Waals surface area (Å²) in [5.74, 6) is 0.733. The van der Waals surface area contributed by atoms with Crippen LogP contribution < -0.4 is 0 Å². The van der Waals surface area contributed by atoms with Gasteiger partial charge in [-0.2, -0.15) is 0 Å². The zero-order chi connectivity index (χ0) is 19.9. The molecule has 2 nitrogen and oxygen atoms in total. The van der Waals surface area contributed by atoms with Crippen molar-refractivity contribution in [3.63, 3.8) is 0 Å². The predicted molar refractivity (Wildman–Crippen MR) is 126 cm³/mol. The first-order valence-electron chi connectivity index (χ1n) is 12.2. The second kappa shape index (κ2) is 7.72. The highest BCUT2D eigenvalue weighted by Gasteiger charge is 2.36. The number of likely N-dealkylation sites (tertiary alicyclic amines) is 1. The van der Waals surface area contributed by atoms with Gasteiger partial charge in [0.2, 0.25) is 0 Å². The van der Waals surface area contributed by atoms with E-state index < -0.39 is 0 Å². The van der Waals surface area contributed by atoms with Gasteiger partial charge < -0.3 is 4.90 Å². The molecule has 2 aromatic carbocycles. The number of hydrogen-bond acceptors (Lipinski definition) is 1. The van der Waals surface area contributed by atoms with Crippen molar-refractivity contribution in [3.05, 3.63) is 65.4 Å². The highest BCUT2D eigenvalue weighted by Crippen LogP contribution is 2.44. The van der Waals surface area contributed by atoms with Crippen LogP contribution in [0.3, 0.4) is 0 Å². The van der Waals surface area contributed by atoms with E-state index in [1.807, 2.05) is 0 Å². The molecule has 2 saturated heterocycles. The quantitative estimate of drug-likeness (QED) is 0.561. The largest absolute Gasteiger partial charge is 0.375 e. The van der Waals surface area contributed by atoms with Crippen LogP contribution in [0.1, 0.15) is 56.9 Å². The van der Waals surface area contributed by atoms with Crippen LogP contribution in [0, 0.1) is 5.92 Å². The second-order valence-electron chi connectivity index (χ2n) is 9.60. The van der Waals surface area contributed by atoms with E-state index in [9.17, 15) is 0 Å². The van der Waals surface area contributed by atoms with Crippen molar-refractivity contribution in [2.45, 2.75) is 51.4 Å². The maximum Gasteiger partial charge on any atom is 0.184 e. The summed E-state index contributed by atoms with van der Waals surface area (Å²) in [6.45, 7) is 5.00. The van der Waals surface area contributed by atoms with Crippen molar-refractivity contribution in [3.8, 4) is 0 Å². The lowest BCUT2D eigenvalue weighted by Gasteiger charge is -2.34. The Morgan fingerprint density at radius 2 is 1.57 bits per heavy atom. The molecule has 4 aliphatic rings. The molecule has 1 atom stereocenters. The van der Waals surface area contributed by atoms with Gasteiger partial charge >= 0.3 is 0 Å². The Bertz CT molecular complexity index is 1050. The molecule has 2 aliphatic heterocycles.